The zero-order valence-corrected chi connectivity index (χ0v) is 11.8. The van der Waals surface area contributed by atoms with Crippen LogP contribution in [0.1, 0.15) is 22.8 Å². The second-order valence-electron chi connectivity index (χ2n) is 3.60. The van der Waals surface area contributed by atoms with Crippen LogP contribution in [0.15, 0.2) is 22.7 Å². The second-order valence-corrected chi connectivity index (χ2v) is 4.46. The molecule has 6 heteroatoms. The van der Waals surface area contributed by atoms with E-state index in [4.69, 9.17) is 4.74 Å². The Balaban J connectivity index is 2.50. The van der Waals surface area contributed by atoms with Crippen molar-refractivity contribution in [1.82, 2.24) is 10.9 Å². The molecule has 0 aromatic heterocycles. The van der Waals surface area contributed by atoms with Gasteiger partial charge in [0.25, 0.3) is 11.8 Å². The van der Waals surface area contributed by atoms with Crippen LogP contribution in [0.3, 0.4) is 0 Å². The van der Waals surface area contributed by atoms with Crippen LogP contribution in [-0.2, 0) is 9.53 Å². The van der Waals surface area contributed by atoms with Crippen molar-refractivity contribution >= 4 is 27.7 Å². The Labute approximate surface area is 114 Å². The van der Waals surface area contributed by atoms with Crippen molar-refractivity contribution in [3.8, 4) is 0 Å². The Kier molecular flexibility index (Phi) is 5.80. The Hall–Kier alpha value is -1.40. The number of benzene rings is 1. The molecule has 0 saturated heterocycles. The lowest BCUT2D eigenvalue weighted by molar-refractivity contribution is -0.126. The van der Waals surface area contributed by atoms with Gasteiger partial charge in [-0.1, -0.05) is 22.0 Å². The number of rotatable bonds is 4. The summed E-state index contributed by atoms with van der Waals surface area (Å²) >= 11 is 3.34. The first kappa shape index (κ1) is 14.7. The fourth-order valence-electron chi connectivity index (χ4n) is 1.16. The summed E-state index contributed by atoms with van der Waals surface area (Å²) in [6.07, 6.45) is 0. The molecule has 0 fully saturated rings. The number of hydrazine groups is 1. The topological polar surface area (TPSA) is 67.4 Å². The van der Waals surface area contributed by atoms with E-state index in [1.54, 1.807) is 19.1 Å². The molecule has 98 valence electrons. The van der Waals surface area contributed by atoms with Crippen LogP contribution in [0.2, 0.25) is 0 Å². The second kappa shape index (κ2) is 7.13. The highest BCUT2D eigenvalue weighted by atomic mass is 79.9. The van der Waals surface area contributed by atoms with E-state index in [1.807, 2.05) is 13.0 Å². The number of halogens is 1. The molecule has 1 aromatic carbocycles. The smallest absolute Gasteiger partial charge is 0.269 e. The monoisotopic (exact) mass is 314 g/mol. The third-order valence-corrected chi connectivity index (χ3v) is 3.04. The Morgan fingerprint density at radius 2 is 2.06 bits per heavy atom. The van der Waals surface area contributed by atoms with Crippen LogP contribution in [0, 0.1) is 6.92 Å². The van der Waals surface area contributed by atoms with E-state index in [1.165, 1.54) is 0 Å². The van der Waals surface area contributed by atoms with Gasteiger partial charge in [-0.05, 0) is 31.5 Å². The van der Waals surface area contributed by atoms with Gasteiger partial charge in [0, 0.05) is 16.6 Å². The summed E-state index contributed by atoms with van der Waals surface area (Å²) in [6, 6.07) is 5.20. The summed E-state index contributed by atoms with van der Waals surface area (Å²) < 4.78 is 5.74. The number of ether oxygens (including phenoxy) is 1. The highest BCUT2D eigenvalue weighted by molar-refractivity contribution is 9.10. The molecule has 2 N–H and O–H groups in total. The Morgan fingerprint density at radius 3 is 2.67 bits per heavy atom. The molecule has 0 heterocycles. The van der Waals surface area contributed by atoms with Crippen molar-refractivity contribution < 1.29 is 14.3 Å². The fraction of sp³-hybridized carbons (Fsp3) is 0.333. The van der Waals surface area contributed by atoms with E-state index in [-0.39, 0.29) is 12.5 Å². The van der Waals surface area contributed by atoms with Gasteiger partial charge in [-0.15, -0.1) is 0 Å². The number of amides is 2. The van der Waals surface area contributed by atoms with Crippen LogP contribution in [0.25, 0.3) is 0 Å². The lowest BCUT2D eigenvalue weighted by Crippen LogP contribution is -2.43. The number of nitrogens with one attached hydrogen (secondary N) is 2. The number of carbonyl (C=O) groups is 2. The molecule has 0 aliphatic rings. The first-order valence-corrected chi connectivity index (χ1v) is 6.27. The van der Waals surface area contributed by atoms with Crippen LogP contribution >= 0.6 is 15.9 Å². The molecule has 1 aromatic rings. The van der Waals surface area contributed by atoms with Gasteiger partial charge >= 0.3 is 0 Å². The minimum Gasteiger partial charge on any atom is -0.372 e. The van der Waals surface area contributed by atoms with Gasteiger partial charge in [-0.25, -0.2) is 0 Å². The average Bonchev–Trinajstić information content (AvgIpc) is 2.36. The van der Waals surface area contributed by atoms with Gasteiger partial charge in [0.1, 0.15) is 6.61 Å². The molecule has 0 bridgehead atoms. The van der Waals surface area contributed by atoms with E-state index in [0.717, 1.165) is 10.0 Å². The first-order valence-electron chi connectivity index (χ1n) is 5.47. The van der Waals surface area contributed by atoms with Gasteiger partial charge in [-0.2, -0.15) is 0 Å². The zero-order valence-electron chi connectivity index (χ0n) is 10.2. The fourth-order valence-corrected chi connectivity index (χ4v) is 1.54. The molecule has 0 saturated carbocycles. The molecule has 0 aliphatic heterocycles. The van der Waals surface area contributed by atoms with E-state index in [2.05, 4.69) is 26.8 Å². The number of aryl methyl sites for hydroxylation is 1. The summed E-state index contributed by atoms with van der Waals surface area (Å²) in [6.45, 7) is 4.09. The van der Waals surface area contributed by atoms with Crippen LogP contribution in [0.4, 0.5) is 0 Å². The third-order valence-electron chi connectivity index (χ3n) is 2.19. The molecule has 2 amide bonds. The van der Waals surface area contributed by atoms with E-state index in [9.17, 15) is 9.59 Å². The molecule has 0 radical (unpaired) electrons. The van der Waals surface area contributed by atoms with Gasteiger partial charge in [0.2, 0.25) is 0 Å². The maximum absolute atomic E-state index is 11.7. The molecular formula is C12H15BrN2O3. The van der Waals surface area contributed by atoms with E-state index in [0.29, 0.717) is 12.2 Å². The standard InChI is InChI=1S/C12H15BrN2O3/c1-3-18-7-11(16)14-15-12(17)9-5-4-8(2)10(13)6-9/h4-6H,3,7H2,1-2H3,(H,14,16)(H,15,17). The van der Waals surface area contributed by atoms with Crippen molar-refractivity contribution in [2.24, 2.45) is 0 Å². The maximum atomic E-state index is 11.7. The van der Waals surface area contributed by atoms with E-state index >= 15 is 0 Å². The predicted octanol–water partition coefficient (Wildman–Crippen LogP) is 1.56. The van der Waals surface area contributed by atoms with Crippen molar-refractivity contribution in [1.29, 1.82) is 0 Å². The van der Waals surface area contributed by atoms with Crippen molar-refractivity contribution in [2.45, 2.75) is 13.8 Å². The van der Waals surface area contributed by atoms with Gasteiger partial charge < -0.3 is 4.74 Å². The Bertz CT molecular complexity index is 449. The van der Waals surface area contributed by atoms with Crippen LogP contribution in [-0.4, -0.2) is 25.0 Å². The quantitative estimate of drug-likeness (QED) is 0.829. The molecule has 0 atom stereocenters. The molecule has 1 rings (SSSR count). The van der Waals surface area contributed by atoms with Gasteiger partial charge in [0.05, 0.1) is 0 Å². The number of hydrogen-bond acceptors (Lipinski definition) is 3. The molecule has 0 unspecified atom stereocenters. The van der Waals surface area contributed by atoms with Crippen molar-refractivity contribution in [2.75, 3.05) is 13.2 Å². The summed E-state index contributed by atoms with van der Waals surface area (Å²) in [4.78, 5) is 22.9. The average molecular weight is 315 g/mol. The summed E-state index contributed by atoms with van der Waals surface area (Å²) in [5.74, 6) is -0.767. The minimum atomic E-state index is -0.392. The lowest BCUT2D eigenvalue weighted by Gasteiger charge is -2.08. The van der Waals surface area contributed by atoms with Crippen molar-refractivity contribution in [3.05, 3.63) is 33.8 Å². The highest BCUT2D eigenvalue weighted by Gasteiger charge is 2.08. The van der Waals surface area contributed by atoms with E-state index < -0.39 is 5.91 Å². The number of hydrogen-bond donors (Lipinski definition) is 2. The molecule has 0 aliphatic carbocycles. The molecule has 0 spiro atoms. The van der Waals surface area contributed by atoms with Crippen LogP contribution in [0.5, 0.6) is 0 Å². The largest absolute Gasteiger partial charge is 0.372 e. The zero-order chi connectivity index (χ0) is 13.5. The molecule has 18 heavy (non-hydrogen) atoms. The normalized spacial score (nSPS) is 9.94. The highest BCUT2D eigenvalue weighted by Crippen LogP contribution is 2.17. The summed E-state index contributed by atoms with van der Waals surface area (Å²) in [7, 11) is 0. The molecular weight excluding hydrogens is 300 g/mol. The SMILES string of the molecule is CCOCC(=O)NNC(=O)c1ccc(C)c(Br)c1. The minimum absolute atomic E-state index is 0.0750. The van der Waals surface area contributed by atoms with Crippen LogP contribution < -0.4 is 10.9 Å². The summed E-state index contributed by atoms with van der Waals surface area (Å²) in [5, 5.41) is 0. The first-order chi connectivity index (χ1) is 8.54. The Morgan fingerprint density at radius 1 is 1.33 bits per heavy atom. The van der Waals surface area contributed by atoms with Gasteiger partial charge in [0.15, 0.2) is 0 Å². The lowest BCUT2D eigenvalue weighted by atomic mass is 10.1. The third kappa shape index (κ3) is 4.46. The maximum Gasteiger partial charge on any atom is 0.269 e. The molecule has 5 nitrogen and oxygen atoms in total. The summed E-state index contributed by atoms with van der Waals surface area (Å²) in [5.41, 5.74) is 6.08. The van der Waals surface area contributed by atoms with Crippen molar-refractivity contribution in [3.63, 3.8) is 0 Å². The van der Waals surface area contributed by atoms with Gasteiger partial charge in [-0.3, -0.25) is 20.4 Å². The predicted molar refractivity (Wildman–Crippen MR) is 71.0 cm³/mol. The number of carbonyl (C=O) groups excluding carboxylic acids is 2.